The molecule has 1 heterocycles. The van der Waals surface area contributed by atoms with E-state index in [-0.39, 0.29) is 53.9 Å². The molecule has 0 spiro atoms. The van der Waals surface area contributed by atoms with Gasteiger partial charge in [-0.3, -0.25) is 19.8 Å². The van der Waals surface area contributed by atoms with Gasteiger partial charge in [0.15, 0.2) is 17.5 Å². The molecule has 3 aromatic carbocycles. The van der Waals surface area contributed by atoms with Crippen LogP contribution in [-0.2, 0) is 30.8 Å². The molecule has 1 aliphatic carbocycles. The molecule has 0 unspecified atom stereocenters. The van der Waals surface area contributed by atoms with E-state index < -0.39 is 40.2 Å². The number of hydrogen-bond donors (Lipinski definition) is 7. The van der Waals surface area contributed by atoms with E-state index in [0.717, 1.165) is 18.2 Å². The first-order valence-electron chi connectivity index (χ1n) is 16.3. The van der Waals surface area contributed by atoms with E-state index in [1.54, 1.807) is 29.2 Å². The van der Waals surface area contributed by atoms with Gasteiger partial charge in [0.25, 0.3) is 0 Å². The van der Waals surface area contributed by atoms with Crippen LogP contribution in [0.25, 0.3) is 10.8 Å². The highest BCUT2D eigenvalue weighted by Crippen LogP contribution is 2.28. The van der Waals surface area contributed by atoms with Gasteiger partial charge in [0.2, 0.25) is 27.7 Å². The smallest absolute Gasteiger partial charge is 0.242 e. The maximum atomic E-state index is 14.0. The van der Waals surface area contributed by atoms with Gasteiger partial charge in [-0.15, -0.1) is 0 Å². The number of likely N-dealkylation sites (tertiary alicyclic amines) is 1. The first kappa shape index (κ1) is 35.4. The van der Waals surface area contributed by atoms with Crippen LogP contribution in [0.3, 0.4) is 0 Å². The van der Waals surface area contributed by atoms with Crippen molar-refractivity contribution in [3.63, 3.8) is 0 Å². The molecule has 0 aromatic heterocycles. The Balaban J connectivity index is 1.28. The summed E-state index contributed by atoms with van der Waals surface area (Å²) in [6, 6.07) is 14.5. The molecule has 2 atom stereocenters. The molecular formula is C34H43N7O7S. The van der Waals surface area contributed by atoms with E-state index >= 15 is 0 Å². The summed E-state index contributed by atoms with van der Waals surface area (Å²) in [5.74, 6) is -2.20. The summed E-state index contributed by atoms with van der Waals surface area (Å²) in [6.45, 7) is 1.30. The Kier molecular flexibility index (Phi) is 11.2. The Morgan fingerprint density at radius 2 is 1.71 bits per heavy atom. The van der Waals surface area contributed by atoms with Crippen LogP contribution in [-0.4, -0.2) is 96.9 Å². The van der Waals surface area contributed by atoms with Crippen LogP contribution < -0.4 is 21.1 Å². The van der Waals surface area contributed by atoms with E-state index in [0.29, 0.717) is 43.3 Å². The number of rotatable bonds is 14. The fourth-order valence-electron chi connectivity index (χ4n) is 5.99. The van der Waals surface area contributed by atoms with Crippen molar-refractivity contribution in [2.24, 2.45) is 11.7 Å². The number of guanidine groups is 1. The molecule has 262 valence electrons. The van der Waals surface area contributed by atoms with Crippen molar-refractivity contribution < 1.29 is 33.0 Å². The van der Waals surface area contributed by atoms with Crippen molar-refractivity contribution in [2.75, 3.05) is 32.7 Å². The van der Waals surface area contributed by atoms with Crippen LogP contribution in [0.5, 0.6) is 11.5 Å². The average molecular weight is 694 g/mol. The van der Waals surface area contributed by atoms with Crippen LogP contribution in [0.1, 0.15) is 37.7 Å². The van der Waals surface area contributed by atoms with Gasteiger partial charge in [0.05, 0.1) is 17.9 Å². The lowest BCUT2D eigenvalue weighted by atomic mass is 9.98. The quantitative estimate of drug-likeness (QED) is 0.0736. The van der Waals surface area contributed by atoms with Crippen molar-refractivity contribution in [3.8, 4) is 11.5 Å². The zero-order chi connectivity index (χ0) is 35.1. The highest BCUT2D eigenvalue weighted by molar-refractivity contribution is 7.89. The molecule has 2 aliphatic rings. The third-order valence-electron chi connectivity index (χ3n) is 8.82. The highest BCUT2D eigenvalue weighted by Gasteiger charge is 2.39. The molecular weight excluding hydrogens is 650 g/mol. The van der Waals surface area contributed by atoms with Gasteiger partial charge in [-0.25, -0.2) is 8.42 Å². The predicted octanol–water partition coefficient (Wildman–Crippen LogP) is 1.36. The van der Waals surface area contributed by atoms with Gasteiger partial charge in [-0.2, -0.15) is 4.72 Å². The molecule has 15 heteroatoms. The third kappa shape index (κ3) is 9.60. The number of carbonyl (C=O) groups excluding carboxylic acids is 3. The molecule has 1 saturated heterocycles. The molecule has 2 fully saturated rings. The summed E-state index contributed by atoms with van der Waals surface area (Å²) in [4.78, 5) is 43.3. The Labute approximate surface area is 285 Å². The number of aromatic hydroxyl groups is 2. The lowest BCUT2D eigenvalue weighted by Gasteiger charge is -2.33. The molecule has 0 radical (unpaired) electrons. The van der Waals surface area contributed by atoms with Crippen LogP contribution in [0.4, 0.5) is 0 Å². The SMILES string of the molecule is N=C(N)N1CCC[C@@H](CNC(=O)C[C@H](NS(=O)(=O)c2ccc3ccccc3c2)C(=O)N(CC(=O)NCCc2ccc(O)c(O)c2)C2CC2)C1. The number of nitrogens with two attached hydrogens (primary N) is 1. The minimum atomic E-state index is -4.27. The number of phenols is 2. The minimum absolute atomic E-state index is 0.0299. The van der Waals surface area contributed by atoms with Crippen molar-refractivity contribution >= 4 is 44.5 Å². The summed E-state index contributed by atoms with van der Waals surface area (Å²) >= 11 is 0. The fourth-order valence-corrected chi connectivity index (χ4v) is 7.21. The molecule has 14 nitrogen and oxygen atoms in total. The number of phenolic OH excluding ortho intramolecular Hbond substituents is 2. The topological polar surface area (TPSA) is 218 Å². The first-order valence-corrected chi connectivity index (χ1v) is 17.8. The second-order valence-corrected chi connectivity index (χ2v) is 14.4. The number of hydrogen-bond acceptors (Lipinski definition) is 8. The number of piperidine rings is 1. The molecule has 8 N–H and O–H groups in total. The Hall–Kier alpha value is -4.89. The van der Waals surface area contributed by atoms with Gasteiger partial charge in [0, 0.05) is 32.2 Å². The monoisotopic (exact) mass is 693 g/mol. The molecule has 1 aliphatic heterocycles. The summed E-state index contributed by atoms with van der Waals surface area (Å²) < 4.78 is 29.8. The van der Waals surface area contributed by atoms with Crippen LogP contribution in [0.15, 0.2) is 65.6 Å². The molecule has 5 rings (SSSR count). The Morgan fingerprint density at radius 1 is 0.959 bits per heavy atom. The minimum Gasteiger partial charge on any atom is -0.504 e. The van der Waals surface area contributed by atoms with Crippen LogP contribution in [0.2, 0.25) is 0 Å². The van der Waals surface area contributed by atoms with Gasteiger partial charge in [-0.05, 0) is 78.6 Å². The highest BCUT2D eigenvalue weighted by atomic mass is 32.2. The lowest BCUT2D eigenvalue weighted by molar-refractivity contribution is -0.139. The third-order valence-corrected chi connectivity index (χ3v) is 10.3. The number of fused-ring (bicyclic) bond motifs is 1. The van der Waals surface area contributed by atoms with Crippen molar-refractivity contribution in [1.82, 2.24) is 25.2 Å². The second kappa shape index (κ2) is 15.6. The van der Waals surface area contributed by atoms with E-state index in [1.807, 2.05) is 12.1 Å². The number of nitrogens with zero attached hydrogens (tertiary/aromatic N) is 2. The summed E-state index contributed by atoms with van der Waals surface area (Å²) in [7, 11) is -4.27. The number of carbonyl (C=O) groups is 3. The predicted molar refractivity (Wildman–Crippen MR) is 183 cm³/mol. The fraction of sp³-hybridized carbons (Fsp3) is 0.412. The number of benzene rings is 3. The largest absolute Gasteiger partial charge is 0.504 e. The van der Waals surface area contributed by atoms with Crippen molar-refractivity contribution in [3.05, 3.63) is 66.2 Å². The van der Waals surface area contributed by atoms with Gasteiger partial charge in [-0.1, -0.05) is 36.4 Å². The number of nitrogens with one attached hydrogen (secondary N) is 4. The van der Waals surface area contributed by atoms with E-state index in [4.69, 9.17) is 11.1 Å². The second-order valence-electron chi connectivity index (χ2n) is 12.7. The summed E-state index contributed by atoms with van der Waals surface area (Å²) in [6.07, 6.45) is 2.77. The van der Waals surface area contributed by atoms with E-state index in [2.05, 4.69) is 15.4 Å². The zero-order valence-corrected chi connectivity index (χ0v) is 27.9. The first-order chi connectivity index (χ1) is 23.4. The maximum Gasteiger partial charge on any atom is 0.242 e. The summed E-state index contributed by atoms with van der Waals surface area (Å²) in [5, 5.41) is 34.1. The van der Waals surface area contributed by atoms with Gasteiger partial charge < -0.3 is 36.4 Å². The maximum absolute atomic E-state index is 14.0. The normalized spacial score (nSPS) is 16.9. The Morgan fingerprint density at radius 3 is 2.43 bits per heavy atom. The lowest BCUT2D eigenvalue weighted by Crippen LogP contribution is -2.53. The van der Waals surface area contributed by atoms with Crippen LogP contribution >= 0.6 is 0 Å². The molecule has 3 aromatic rings. The Bertz CT molecular complexity index is 1820. The zero-order valence-electron chi connectivity index (χ0n) is 27.1. The molecule has 3 amide bonds. The number of sulfonamides is 1. The van der Waals surface area contributed by atoms with Gasteiger partial charge in [0.1, 0.15) is 6.04 Å². The standard InChI is InChI=1S/C34H43N7O7S/c35-34(36)40-15-3-4-23(20-40)19-38-31(44)18-28(39-49(47,48)27-11-8-24-5-1-2-6-25(24)17-27)33(46)41(26-9-10-26)21-32(45)37-14-13-22-7-12-29(42)30(43)16-22/h1-2,5-8,11-12,16-17,23,26,28,39,42-43H,3-4,9-10,13-15,18-21H2,(H3,35,36)(H,37,45)(H,38,44)/t23-,28-/m0/s1. The van der Waals surface area contributed by atoms with Crippen molar-refractivity contribution in [1.29, 1.82) is 5.41 Å². The van der Waals surface area contributed by atoms with Gasteiger partial charge >= 0.3 is 0 Å². The molecule has 0 bridgehead atoms. The average Bonchev–Trinajstić information content (AvgIpc) is 3.93. The molecule has 1 saturated carbocycles. The van der Waals surface area contributed by atoms with E-state index in [9.17, 15) is 33.0 Å². The van der Waals surface area contributed by atoms with E-state index in [1.165, 1.54) is 29.2 Å². The molecule has 49 heavy (non-hydrogen) atoms. The van der Waals surface area contributed by atoms with Crippen molar-refractivity contribution in [2.45, 2.75) is 55.5 Å². The van der Waals surface area contributed by atoms with Crippen LogP contribution in [0, 0.1) is 11.3 Å². The number of amides is 3. The summed E-state index contributed by atoms with van der Waals surface area (Å²) in [5.41, 5.74) is 6.33.